The van der Waals surface area contributed by atoms with Crippen LogP contribution in [0.1, 0.15) is 11.1 Å². The SMILES string of the molecule is CN1CC(N2Cc3ccccc3C2)C1. The fourth-order valence-corrected chi connectivity index (χ4v) is 2.51. The summed E-state index contributed by atoms with van der Waals surface area (Å²) in [7, 11) is 2.19. The molecule has 2 aliphatic rings. The van der Waals surface area contributed by atoms with Gasteiger partial charge in [0.2, 0.25) is 0 Å². The smallest absolute Gasteiger partial charge is 0.0357 e. The van der Waals surface area contributed by atoms with Crippen LogP contribution in [-0.2, 0) is 13.1 Å². The highest BCUT2D eigenvalue weighted by Gasteiger charge is 2.32. The van der Waals surface area contributed by atoms with E-state index >= 15 is 0 Å². The molecule has 0 amide bonds. The lowest BCUT2D eigenvalue weighted by Gasteiger charge is -2.41. The van der Waals surface area contributed by atoms with Crippen LogP contribution in [0.25, 0.3) is 0 Å². The first-order valence-corrected chi connectivity index (χ1v) is 5.32. The van der Waals surface area contributed by atoms with E-state index in [4.69, 9.17) is 0 Å². The third-order valence-corrected chi connectivity index (χ3v) is 3.43. The van der Waals surface area contributed by atoms with E-state index in [1.807, 2.05) is 0 Å². The molecule has 2 aliphatic heterocycles. The summed E-state index contributed by atoms with van der Waals surface area (Å²) in [6, 6.07) is 9.62. The van der Waals surface area contributed by atoms with E-state index in [0.717, 1.165) is 19.1 Å². The average molecular weight is 188 g/mol. The number of hydrogen-bond acceptors (Lipinski definition) is 2. The minimum atomic E-state index is 0.799. The quantitative estimate of drug-likeness (QED) is 0.656. The Morgan fingerprint density at radius 3 is 2.14 bits per heavy atom. The van der Waals surface area contributed by atoms with Crippen LogP contribution in [-0.4, -0.2) is 36.0 Å². The number of rotatable bonds is 1. The molecule has 0 atom stereocenters. The first kappa shape index (κ1) is 8.45. The van der Waals surface area contributed by atoms with Crippen molar-refractivity contribution in [3.05, 3.63) is 35.4 Å². The summed E-state index contributed by atoms with van der Waals surface area (Å²) in [5, 5.41) is 0. The average Bonchev–Trinajstić information content (AvgIpc) is 2.55. The van der Waals surface area contributed by atoms with Crippen molar-refractivity contribution in [1.29, 1.82) is 0 Å². The van der Waals surface area contributed by atoms with Gasteiger partial charge in [0.15, 0.2) is 0 Å². The molecule has 2 heterocycles. The lowest BCUT2D eigenvalue weighted by molar-refractivity contribution is 0.0502. The Kier molecular flexibility index (Phi) is 1.85. The van der Waals surface area contributed by atoms with Crippen LogP contribution >= 0.6 is 0 Å². The maximum Gasteiger partial charge on any atom is 0.0357 e. The van der Waals surface area contributed by atoms with E-state index in [2.05, 4.69) is 41.1 Å². The standard InChI is InChI=1S/C12H16N2/c1-13-8-12(9-13)14-6-10-4-2-3-5-11(10)7-14/h2-5,12H,6-9H2,1H3. The Morgan fingerprint density at radius 2 is 1.64 bits per heavy atom. The Balaban J connectivity index is 1.73. The molecule has 1 aromatic rings. The van der Waals surface area contributed by atoms with Crippen LogP contribution in [0.2, 0.25) is 0 Å². The minimum absolute atomic E-state index is 0.799. The molecule has 0 aliphatic carbocycles. The number of fused-ring (bicyclic) bond motifs is 1. The first-order chi connectivity index (χ1) is 6.83. The van der Waals surface area contributed by atoms with Crippen molar-refractivity contribution in [3.63, 3.8) is 0 Å². The Bertz CT molecular complexity index is 317. The van der Waals surface area contributed by atoms with Gasteiger partial charge in [0.05, 0.1) is 0 Å². The molecular weight excluding hydrogens is 172 g/mol. The van der Waals surface area contributed by atoms with Gasteiger partial charge in [-0.05, 0) is 18.2 Å². The van der Waals surface area contributed by atoms with E-state index in [1.165, 1.54) is 24.2 Å². The van der Waals surface area contributed by atoms with Gasteiger partial charge in [-0.15, -0.1) is 0 Å². The summed E-state index contributed by atoms with van der Waals surface area (Å²) >= 11 is 0. The van der Waals surface area contributed by atoms with Crippen molar-refractivity contribution in [3.8, 4) is 0 Å². The molecule has 0 spiro atoms. The molecule has 1 fully saturated rings. The van der Waals surface area contributed by atoms with Crippen LogP contribution < -0.4 is 0 Å². The molecule has 0 N–H and O–H groups in total. The molecule has 14 heavy (non-hydrogen) atoms. The van der Waals surface area contributed by atoms with Gasteiger partial charge in [0.1, 0.15) is 0 Å². The molecule has 0 unspecified atom stereocenters. The molecule has 2 nitrogen and oxygen atoms in total. The molecule has 0 aromatic heterocycles. The third-order valence-electron chi connectivity index (χ3n) is 3.43. The molecule has 0 bridgehead atoms. The number of hydrogen-bond donors (Lipinski definition) is 0. The zero-order valence-corrected chi connectivity index (χ0v) is 8.61. The van der Waals surface area contributed by atoms with Crippen LogP contribution in [0.3, 0.4) is 0 Å². The van der Waals surface area contributed by atoms with Gasteiger partial charge < -0.3 is 4.90 Å². The van der Waals surface area contributed by atoms with Gasteiger partial charge in [-0.1, -0.05) is 24.3 Å². The van der Waals surface area contributed by atoms with E-state index in [0.29, 0.717) is 0 Å². The minimum Gasteiger partial charge on any atom is -0.303 e. The fourth-order valence-electron chi connectivity index (χ4n) is 2.51. The van der Waals surface area contributed by atoms with Crippen LogP contribution in [0, 0.1) is 0 Å². The summed E-state index contributed by atoms with van der Waals surface area (Å²) in [4.78, 5) is 4.98. The number of likely N-dealkylation sites (N-methyl/N-ethyl adjacent to an activating group) is 1. The van der Waals surface area contributed by atoms with Crippen molar-refractivity contribution >= 4 is 0 Å². The number of likely N-dealkylation sites (tertiary alicyclic amines) is 1. The second-order valence-electron chi connectivity index (χ2n) is 4.55. The Labute approximate surface area is 85.1 Å². The highest BCUT2D eigenvalue weighted by Crippen LogP contribution is 2.26. The van der Waals surface area contributed by atoms with E-state index in [-0.39, 0.29) is 0 Å². The fraction of sp³-hybridized carbons (Fsp3) is 0.500. The van der Waals surface area contributed by atoms with Gasteiger partial charge in [0, 0.05) is 32.2 Å². The van der Waals surface area contributed by atoms with Gasteiger partial charge >= 0.3 is 0 Å². The molecule has 3 rings (SSSR count). The van der Waals surface area contributed by atoms with Crippen molar-refractivity contribution < 1.29 is 0 Å². The summed E-state index contributed by atoms with van der Waals surface area (Å²) in [5.74, 6) is 0. The highest BCUT2D eigenvalue weighted by molar-refractivity contribution is 5.30. The largest absolute Gasteiger partial charge is 0.303 e. The normalized spacial score (nSPS) is 23.5. The van der Waals surface area contributed by atoms with Crippen molar-refractivity contribution in [2.24, 2.45) is 0 Å². The second-order valence-corrected chi connectivity index (χ2v) is 4.55. The summed E-state index contributed by atoms with van der Waals surface area (Å²) in [5.41, 5.74) is 3.06. The lowest BCUT2D eigenvalue weighted by atomic mass is 10.1. The lowest BCUT2D eigenvalue weighted by Crippen LogP contribution is -2.56. The summed E-state index contributed by atoms with van der Waals surface area (Å²) < 4.78 is 0. The molecule has 1 saturated heterocycles. The number of benzene rings is 1. The van der Waals surface area contributed by atoms with Gasteiger partial charge in [-0.2, -0.15) is 0 Å². The predicted octanol–water partition coefficient (Wildman–Crippen LogP) is 1.32. The van der Waals surface area contributed by atoms with Crippen molar-refractivity contribution in [2.45, 2.75) is 19.1 Å². The maximum absolute atomic E-state index is 2.60. The third kappa shape index (κ3) is 1.26. The van der Waals surface area contributed by atoms with Gasteiger partial charge in [-0.25, -0.2) is 0 Å². The predicted molar refractivity (Wildman–Crippen MR) is 57.0 cm³/mol. The van der Waals surface area contributed by atoms with E-state index in [1.54, 1.807) is 0 Å². The Morgan fingerprint density at radius 1 is 1.07 bits per heavy atom. The van der Waals surface area contributed by atoms with Crippen LogP contribution in [0.4, 0.5) is 0 Å². The maximum atomic E-state index is 2.60. The zero-order valence-electron chi connectivity index (χ0n) is 8.61. The van der Waals surface area contributed by atoms with E-state index in [9.17, 15) is 0 Å². The van der Waals surface area contributed by atoms with Gasteiger partial charge in [0.25, 0.3) is 0 Å². The van der Waals surface area contributed by atoms with E-state index < -0.39 is 0 Å². The molecule has 1 aromatic carbocycles. The summed E-state index contributed by atoms with van der Waals surface area (Å²) in [6.45, 7) is 4.81. The molecule has 74 valence electrons. The molecule has 0 radical (unpaired) electrons. The monoisotopic (exact) mass is 188 g/mol. The van der Waals surface area contributed by atoms with Crippen molar-refractivity contribution in [2.75, 3.05) is 20.1 Å². The Hall–Kier alpha value is -0.860. The molecule has 0 saturated carbocycles. The molecule has 2 heteroatoms. The van der Waals surface area contributed by atoms with Crippen LogP contribution in [0.15, 0.2) is 24.3 Å². The summed E-state index contributed by atoms with van der Waals surface area (Å²) in [6.07, 6.45) is 0. The molecular formula is C12H16N2. The van der Waals surface area contributed by atoms with Gasteiger partial charge in [-0.3, -0.25) is 4.90 Å². The highest BCUT2D eigenvalue weighted by atomic mass is 15.3. The van der Waals surface area contributed by atoms with Crippen molar-refractivity contribution in [1.82, 2.24) is 9.80 Å². The topological polar surface area (TPSA) is 6.48 Å². The number of nitrogens with zero attached hydrogens (tertiary/aromatic N) is 2. The zero-order chi connectivity index (χ0) is 9.54. The second kappa shape index (κ2) is 3.07. The first-order valence-electron chi connectivity index (χ1n) is 5.32. The van der Waals surface area contributed by atoms with Crippen LogP contribution in [0.5, 0.6) is 0 Å².